The highest BCUT2D eigenvalue weighted by atomic mass is 35.5. The van der Waals surface area contributed by atoms with E-state index in [2.05, 4.69) is 0 Å². The zero-order chi connectivity index (χ0) is 12.3. The minimum Gasteiger partial charge on any atom is -0.389 e. The zero-order valence-corrected chi connectivity index (χ0v) is 12.0. The SMILES string of the molecule is CC(C)C(C)(O)CSc1ccc(Cl)c(Cl)c1. The van der Waals surface area contributed by atoms with E-state index in [9.17, 15) is 5.11 Å². The van der Waals surface area contributed by atoms with Gasteiger partial charge in [0, 0.05) is 10.6 Å². The Labute approximate surface area is 111 Å². The van der Waals surface area contributed by atoms with Crippen molar-refractivity contribution in [2.75, 3.05) is 5.75 Å². The third kappa shape index (κ3) is 3.85. The standard InChI is InChI=1S/C12H16Cl2OS/c1-8(2)12(3,15)7-16-9-4-5-10(13)11(14)6-9/h4-6,8,15H,7H2,1-3H3. The van der Waals surface area contributed by atoms with E-state index in [1.807, 2.05) is 32.9 Å². The average molecular weight is 279 g/mol. The summed E-state index contributed by atoms with van der Waals surface area (Å²) in [6.45, 7) is 5.87. The molecular formula is C12H16Cl2OS. The lowest BCUT2D eigenvalue weighted by Gasteiger charge is -2.27. The van der Waals surface area contributed by atoms with Gasteiger partial charge in [0.1, 0.15) is 0 Å². The van der Waals surface area contributed by atoms with E-state index in [4.69, 9.17) is 23.2 Å². The number of hydrogen-bond acceptors (Lipinski definition) is 2. The van der Waals surface area contributed by atoms with E-state index in [0.29, 0.717) is 15.8 Å². The highest BCUT2D eigenvalue weighted by molar-refractivity contribution is 7.99. The molecule has 16 heavy (non-hydrogen) atoms. The van der Waals surface area contributed by atoms with Gasteiger partial charge in [0.05, 0.1) is 15.6 Å². The molecule has 90 valence electrons. The van der Waals surface area contributed by atoms with Crippen molar-refractivity contribution in [3.8, 4) is 0 Å². The summed E-state index contributed by atoms with van der Waals surface area (Å²) in [6, 6.07) is 5.51. The second-order valence-electron chi connectivity index (χ2n) is 4.38. The Bertz CT molecular complexity index is 364. The molecule has 1 nitrogen and oxygen atoms in total. The van der Waals surface area contributed by atoms with Crippen LogP contribution >= 0.6 is 35.0 Å². The number of rotatable bonds is 4. The summed E-state index contributed by atoms with van der Waals surface area (Å²) in [5.41, 5.74) is -0.670. The molecule has 0 fully saturated rings. The van der Waals surface area contributed by atoms with Crippen LogP contribution in [0.3, 0.4) is 0 Å². The Balaban J connectivity index is 2.65. The number of aliphatic hydroxyl groups is 1. The molecule has 0 amide bonds. The summed E-state index contributed by atoms with van der Waals surface area (Å²) in [6.07, 6.45) is 0. The maximum atomic E-state index is 10.1. The molecule has 0 saturated carbocycles. The van der Waals surface area contributed by atoms with E-state index in [1.165, 1.54) is 0 Å². The van der Waals surface area contributed by atoms with Crippen molar-refractivity contribution < 1.29 is 5.11 Å². The summed E-state index contributed by atoms with van der Waals surface area (Å²) in [4.78, 5) is 1.02. The van der Waals surface area contributed by atoms with E-state index < -0.39 is 5.60 Å². The van der Waals surface area contributed by atoms with Gasteiger partial charge in [-0.25, -0.2) is 0 Å². The Morgan fingerprint density at radius 2 is 1.94 bits per heavy atom. The van der Waals surface area contributed by atoms with Gasteiger partial charge in [-0.05, 0) is 31.0 Å². The third-order valence-electron chi connectivity index (χ3n) is 2.67. The van der Waals surface area contributed by atoms with E-state index in [1.54, 1.807) is 17.8 Å². The monoisotopic (exact) mass is 278 g/mol. The van der Waals surface area contributed by atoms with E-state index in [0.717, 1.165) is 4.90 Å². The van der Waals surface area contributed by atoms with Gasteiger partial charge in [-0.2, -0.15) is 0 Å². The Hall–Kier alpha value is 0.110. The fraction of sp³-hybridized carbons (Fsp3) is 0.500. The Morgan fingerprint density at radius 3 is 2.44 bits per heavy atom. The van der Waals surface area contributed by atoms with Crippen LogP contribution in [0, 0.1) is 5.92 Å². The lowest BCUT2D eigenvalue weighted by molar-refractivity contribution is 0.0376. The number of thioether (sulfide) groups is 1. The molecule has 1 rings (SSSR count). The van der Waals surface area contributed by atoms with Gasteiger partial charge in [0.15, 0.2) is 0 Å². The summed E-state index contributed by atoms with van der Waals surface area (Å²) in [5.74, 6) is 0.866. The predicted octanol–water partition coefficient (Wildman–Crippen LogP) is 4.49. The molecule has 0 radical (unpaired) electrons. The van der Waals surface area contributed by atoms with Crippen LogP contribution in [0.4, 0.5) is 0 Å². The van der Waals surface area contributed by atoms with Gasteiger partial charge in [0.25, 0.3) is 0 Å². The number of hydrogen-bond donors (Lipinski definition) is 1. The van der Waals surface area contributed by atoms with Gasteiger partial charge in [-0.3, -0.25) is 0 Å². The maximum absolute atomic E-state index is 10.1. The molecule has 1 aromatic rings. The normalized spacial score (nSPS) is 15.2. The topological polar surface area (TPSA) is 20.2 Å². The maximum Gasteiger partial charge on any atom is 0.0736 e. The van der Waals surface area contributed by atoms with Crippen LogP contribution in [0.2, 0.25) is 10.0 Å². The van der Waals surface area contributed by atoms with Gasteiger partial charge >= 0.3 is 0 Å². The van der Waals surface area contributed by atoms with Gasteiger partial charge in [-0.1, -0.05) is 37.0 Å². The highest BCUT2D eigenvalue weighted by Crippen LogP contribution is 2.31. The molecule has 0 spiro atoms. The average Bonchev–Trinajstić information content (AvgIpc) is 2.20. The van der Waals surface area contributed by atoms with Crippen molar-refractivity contribution in [2.24, 2.45) is 5.92 Å². The first-order chi connectivity index (χ1) is 7.33. The molecule has 0 bridgehead atoms. The van der Waals surface area contributed by atoms with Gasteiger partial charge in [0.2, 0.25) is 0 Å². The van der Waals surface area contributed by atoms with Crippen LogP contribution in [0.25, 0.3) is 0 Å². The second kappa shape index (κ2) is 5.63. The van der Waals surface area contributed by atoms with Crippen LogP contribution in [-0.4, -0.2) is 16.5 Å². The molecular weight excluding hydrogens is 263 g/mol. The first-order valence-electron chi connectivity index (χ1n) is 5.13. The molecule has 0 saturated heterocycles. The third-order valence-corrected chi connectivity index (χ3v) is 4.72. The summed E-state index contributed by atoms with van der Waals surface area (Å²) in [7, 11) is 0. The Kier molecular flexibility index (Phi) is 4.99. The van der Waals surface area contributed by atoms with Gasteiger partial charge in [-0.15, -0.1) is 11.8 Å². The van der Waals surface area contributed by atoms with Crippen molar-refractivity contribution in [2.45, 2.75) is 31.3 Å². The van der Waals surface area contributed by atoms with Crippen molar-refractivity contribution in [3.05, 3.63) is 28.2 Å². The second-order valence-corrected chi connectivity index (χ2v) is 6.24. The van der Waals surface area contributed by atoms with Crippen LogP contribution in [0.1, 0.15) is 20.8 Å². The van der Waals surface area contributed by atoms with Crippen LogP contribution in [0.5, 0.6) is 0 Å². The molecule has 0 aliphatic carbocycles. The van der Waals surface area contributed by atoms with Crippen molar-refractivity contribution in [3.63, 3.8) is 0 Å². The smallest absolute Gasteiger partial charge is 0.0736 e. The Morgan fingerprint density at radius 1 is 1.31 bits per heavy atom. The molecule has 0 aliphatic heterocycles. The first kappa shape index (κ1) is 14.2. The highest BCUT2D eigenvalue weighted by Gasteiger charge is 2.24. The van der Waals surface area contributed by atoms with Crippen LogP contribution in [0.15, 0.2) is 23.1 Å². The molecule has 0 heterocycles. The predicted molar refractivity (Wildman–Crippen MR) is 72.6 cm³/mol. The summed E-state index contributed by atoms with van der Waals surface area (Å²) in [5, 5.41) is 11.2. The molecule has 1 atom stereocenters. The minimum atomic E-state index is -0.670. The quantitative estimate of drug-likeness (QED) is 0.819. The number of benzene rings is 1. The van der Waals surface area contributed by atoms with E-state index >= 15 is 0 Å². The largest absolute Gasteiger partial charge is 0.389 e. The minimum absolute atomic E-state index is 0.225. The lowest BCUT2D eigenvalue weighted by Crippen LogP contribution is -2.33. The lowest BCUT2D eigenvalue weighted by atomic mass is 9.95. The zero-order valence-electron chi connectivity index (χ0n) is 9.63. The van der Waals surface area contributed by atoms with Crippen molar-refractivity contribution >= 4 is 35.0 Å². The van der Waals surface area contributed by atoms with Crippen molar-refractivity contribution in [1.29, 1.82) is 0 Å². The number of halogens is 2. The van der Waals surface area contributed by atoms with Crippen LogP contribution < -0.4 is 0 Å². The van der Waals surface area contributed by atoms with Gasteiger partial charge < -0.3 is 5.11 Å². The van der Waals surface area contributed by atoms with E-state index in [-0.39, 0.29) is 5.92 Å². The molecule has 0 aliphatic rings. The van der Waals surface area contributed by atoms with Crippen molar-refractivity contribution in [1.82, 2.24) is 0 Å². The summed E-state index contributed by atoms with van der Waals surface area (Å²) < 4.78 is 0. The van der Waals surface area contributed by atoms with Crippen LogP contribution in [-0.2, 0) is 0 Å². The molecule has 4 heteroatoms. The first-order valence-corrected chi connectivity index (χ1v) is 6.87. The summed E-state index contributed by atoms with van der Waals surface area (Å²) >= 11 is 13.3. The molecule has 1 N–H and O–H groups in total. The molecule has 1 aromatic carbocycles. The molecule has 0 aromatic heterocycles. The fourth-order valence-electron chi connectivity index (χ4n) is 0.963. The fourth-order valence-corrected chi connectivity index (χ4v) is 2.48. The molecule has 1 unspecified atom stereocenters.